The highest BCUT2D eigenvalue weighted by molar-refractivity contribution is 6.44. The van der Waals surface area contributed by atoms with Crippen molar-refractivity contribution >= 4 is 41.0 Å². The minimum Gasteiger partial charge on any atom is -0.263 e. The van der Waals surface area contributed by atoms with Gasteiger partial charge in [0.05, 0.1) is 6.54 Å². The predicted molar refractivity (Wildman–Crippen MR) is 90.7 cm³/mol. The third-order valence-corrected chi connectivity index (χ3v) is 5.41. The molecular weight excluding hydrogens is 351 g/mol. The molecule has 4 amide bonds. The van der Waals surface area contributed by atoms with Gasteiger partial charge in [0.2, 0.25) is 0 Å². The molecule has 1 saturated carbocycles. The van der Waals surface area contributed by atoms with Crippen LogP contribution in [0.3, 0.4) is 0 Å². The van der Waals surface area contributed by atoms with E-state index >= 15 is 0 Å². The Labute approximate surface area is 150 Å². The number of imide groups is 2. The van der Waals surface area contributed by atoms with E-state index in [1.807, 2.05) is 6.92 Å². The zero-order valence-corrected chi connectivity index (χ0v) is 14.8. The first-order valence-electron chi connectivity index (χ1n) is 8.03. The quantitative estimate of drug-likeness (QED) is 0.601. The molecule has 1 saturated heterocycles. The van der Waals surface area contributed by atoms with E-state index in [-0.39, 0.29) is 18.5 Å². The number of carbonyl (C=O) groups excluding carboxylic acids is 3. The second-order valence-electron chi connectivity index (χ2n) is 6.41. The lowest BCUT2D eigenvalue weighted by Gasteiger charge is -2.34. The van der Waals surface area contributed by atoms with Crippen molar-refractivity contribution in [2.24, 2.45) is 5.92 Å². The summed E-state index contributed by atoms with van der Waals surface area (Å²) in [4.78, 5) is 39.5. The van der Waals surface area contributed by atoms with Crippen molar-refractivity contribution in [3.05, 3.63) is 33.8 Å². The molecule has 2 fully saturated rings. The van der Waals surface area contributed by atoms with Gasteiger partial charge in [-0.15, -0.1) is 0 Å². The first-order chi connectivity index (χ1) is 11.4. The molecule has 1 heterocycles. The molecule has 0 aromatic heterocycles. The lowest BCUT2D eigenvalue weighted by atomic mass is 9.85. The second-order valence-corrected chi connectivity index (χ2v) is 7.26. The van der Waals surface area contributed by atoms with Gasteiger partial charge in [0, 0.05) is 16.1 Å². The van der Waals surface area contributed by atoms with Crippen LogP contribution in [0.5, 0.6) is 0 Å². The topological polar surface area (TPSA) is 57.7 Å². The van der Waals surface area contributed by atoms with E-state index in [0.29, 0.717) is 15.6 Å². The van der Waals surface area contributed by atoms with E-state index in [1.165, 1.54) is 0 Å². The van der Waals surface area contributed by atoms with Crippen molar-refractivity contribution in [3.8, 4) is 0 Å². The summed E-state index contributed by atoms with van der Waals surface area (Å²) in [6.45, 7) is 1.99. The summed E-state index contributed by atoms with van der Waals surface area (Å²) in [7, 11) is 0. The molecule has 2 atom stereocenters. The Hall–Kier alpha value is -1.59. The van der Waals surface area contributed by atoms with Gasteiger partial charge in [-0.05, 0) is 36.5 Å². The van der Waals surface area contributed by atoms with E-state index in [4.69, 9.17) is 23.2 Å². The second kappa shape index (κ2) is 6.73. The molecular formula is C17H18Cl2N2O3. The fourth-order valence-corrected chi connectivity index (χ4v) is 3.92. The van der Waals surface area contributed by atoms with Crippen LogP contribution >= 0.6 is 23.2 Å². The molecule has 2 aliphatic rings. The fourth-order valence-electron chi connectivity index (χ4n) is 3.45. The molecule has 0 spiro atoms. The summed E-state index contributed by atoms with van der Waals surface area (Å²) in [5, 5.41) is 0.830. The SMILES string of the molecule is C[C@H]1CCCC[C@H]1N1C(=O)C(=O)N(Cc2ccc(Cl)cc2Cl)C1=O. The molecule has 24 heavy (non-hydrogen) atoms. The summed E-state index contributed by atoms with van der Waals surface area (Å²) in [5.74, 6) is -1.31. The lowest BCUT2D eigenvalue weighted by molar-refractivity contribution is -0.144. The third-order valence-electron chi connectivity index (χ3n) is 4.83. The number of rotatable bonds is 3. The van der Waals surface area contributed by atoms with Crippen LogP contribution in [-0.4, -0.2) is 33.7 Å². The highest BCUT2D eigenvalue weighted by Gasteiger charge is 2.49. The summed E-state index contributed by atoms with van der Waals surface area (Å²) in [6.07, 6.45) is 3.76. The van der Waals surface area contributed by atoms with Gasteiger partial charge in [0.25, 0.3) is 0 Å². The molecule has 0 radical (unpaired) electrons. The van der Waals surface area contributed by atoms with Gasteiger partial charge in [0.1, 0.15) is 0 Å². The van der Waals surface area contributed by atoms with Crippen LogP contribution in [0.4, 0.5) is 4.79 Å². The Morgan fingerprint density at radius 3 is 2.46 bits per heavy atom. The molecule has 3 rings (SSSR count). The molecule has 1 aromatic carbocycles. The maximum Gasteiger partial charge on any atom is 0.334 e. The Morgan fingerprint density at radius 2 is 1.79 bits per heavy atom. The standard InChI is InChI=1S/C17H18Cl2N2O3/c1-10-4-2-3-5-14(10)21-16(23)15(22)20(17(21)24)9-11-6-7-12(18)8-13(11)19/h6-8,10,14H,2-5,9H2,1H3/t10-,14+/m0/s1. The van der Waals surface area contributed by atoms with Crippen LogP contribution in [0, 0.1) is 5.92 Å². The van der Waals surface area contributed by atoms with E-state index in [9.17, 15) is 14.4 Å². The predicted octanol–water partition coefficient (Wildman–Crippen LogP) is 3.86. The Balaban J connectivity index is 1.83. The van der Waals surface area contributed by atoms with Crippen molar-refractivity contribution < 1.29 is 14.4 Å². The maximum atomic E-state index is 12.7. The summed E-state index contributed by atoms with van der Waals surface area (Å²) in [5.41, 5.74) is 0.578. The summed E-state index contributed by atoms with van der Waals surface area (Å²) >= 11 is 12.0. The Morgan fingerprint density at radius 1 is 1.08 bits per heavy atom. The van der Waals surface area contributed by atoms with Gasteiger partial charge in [-0.1, -0.05) is 49.0 Å². The monoisotopic (exact) mass is 368 g/mol. The van der Waals surface area contributed by atoms with Crippen molar-refractivity contribution in [2.45, 2.75) is 45.2 Å². The average molecular weight is 369 g/mol. The number of halogens is 2. The van der Waals surface area contributed by atoms with Crippen molar-refractivity contribution in [3.63, 3.8) is 0 Å². The van der Waals surface area contributed by atoms with Crippen LogP contribution in [0.1, 0.15) is 38.2 Å². The minimum atomic E-state index is -0.788. The van der Waals surface area contributed by atoms with Crippen molar-refractivity contribution in [1.29, 1.82) is 0 Å². The number of carbonyl (C=O) groups is 3. The highest BCUT2D eigenvalue weighted by atomic mass is 35.5. The first-order valence-corrected chi connectivity index (χ1v) is 8.78. The average Bonchev–Trinajstić information content (AvgIpc) is 2.74. The molecule has 1 aliphatic carbocycles. The van der Waals surface area contributed by atoms with Crippen molar-refractivity contribution in [1.82, 2.24) is 9.80 Å². The van der Waals surface area contributed by atoms with Crippen LogP contribution in [0.2, 0.25) is 10.0 Å². The third kappa shape index (κ3) is 3.03. The van der Waals surface area contributed by atoms with Crippen LogP contribution in [-0.2, 0) is 16.1 Å². The van der Waals surface area contributed by atoms with Crippen LogP contribution in [0.15, 0.2) is 18.2 Å². The highest BCUT2D eigenvalue weighted by Crippen LogP contribution is 2.32. The van der Waals surface area contributed by atoms with Gasteiger partial charge in [0.15, 0.2) is 0 Å². The van der Waals surface area contributed by atoms with E-state index < -0.39 is 17.8 Å². The molecule has 1 aliphatic heterocycles. The van der Waals surface area contributed by atoms with E-state index in [2.05, 4.69) is 0 Å². The van der Waals surface area contributed by atoms with E-state index in [1.54, 1.807) is 18.2 Å². The largest absolute Gasteiger partial charge is 0.334 e. The molecule has 128 valence electrons. The fraction of sp³-hybridized carbons (Fsp3) is 0.471. The van der Waals surface area contributed by atoms with Crippen molar-refractivity contribution in [2.75, 3.05) is 0 Å². The van der Waals surface area contributed by atoms with Gasteiger partial charge in [-0.2, -0.15) is 0 Å². The molecule has 0 bridgehead atoms. The number of urea groups is 1. The normalized spacial score (nSPS) is 24.9. The van der Waals surface area contributed by atoms with Gasteiger partial charge in [-0.25, -0.2) is 4.79 Å². The molecule has 0 unspecified atom stereocenters. The minimum absolute atomic E-state index is 0.0307. The molecule has 0 N–H and O–H groups in total. The number of nitrogens with zero attached hydrogens (tertiary/aromatic N) is 2. The maximum absolute atomic E-state index is 12.7. The molecule has 5 nitrogen and oxygen atoms in total. The zero-order valence-electron chi connectivity index (χ0n) is 13.3. The lowest BCUT2D eigenvalue weighted by Crippen LogP contribution is -2.46. The zero-order chi connectivity index (χ0) is 17.4. The smallest absolute Gasteiger partial charge is 0.263 e. The van der Waals surface area contributed by atoms with Crippen LogP contribution in [0.25, 0.3) is 0 Å². The van der Waals surface area contributed by atoms with Gasteiger partial charge in [-0.3, -0.25) is 19.4 Å². The summed E-state index contributed by atoms with van der Waals surface area (Å²) < 4.78 is 0. The first kappa shape index (κ1) is 17.2. The van der Waals surface area contributed by atoms with Crippen LogP contribution < -0.4 is 0 Å². The number of amides is 4. The number of hydrogen-bond acceptors (Lipinski definition) is 3. The molecule has 1 aromatic rings. The van der Waals surface area contributed by atoms with E-state index in [0.717, 1.165) is 35.5 Å². The number of benzene rings is 1. The van der Waals surface area contributed by atoms with Gasteiger partial charge < -0.3 is 0 Å². The van der Waals surface area contributed by atoms with Gasteiger partial charge >= 0.3 is 17.8 Å². The Bertz CT molecular complexity index is 707. The Kier molecular flexibility index (Phi) is 4.83. The summed E-state index contributed by atoms with van der Waals surface area (Å²) in [6, 6.07) is 4.09. The number of hydrogen-bond donors (Lipinski definition) is 0. The molecule has 7 heteroatoms.